The van der Waals surface area contributed by atoms with Gasteiger partial charge in [0.25, 0.3) is 0 Å². The Morgan fingerprint density at radius 2 is 0.603 bits per heavy atom. The van der Waals surface area contributed by atoms with E-state index in [9.17, 15) is 0 Å². The molecule has 0 saturated heterocycles. The summed E-state index contributed by atoms with van der Waals surface area (Å²) in [6.07, 6.45) is 25.7. The van der Waals surface area contributed by atoms with Gasteiger partial charge in [0.1, 0.15) is 0 Å². The van der Waals surface area contributed by atoms with Gasteiger partial charge in [0.05, 0.1) is 19.8 Å². The summed E-state index contributed by atoms with van der Waals surface area (Å²) in [6, 6.07) is 2.69. The number of rotatable bonds is 36. The molecular formula is C67H164O4Si2. The molecule has 0 rings (SSSR count). The molecule has 4 nitrogen and oxygen atoms in total. The maximum Gasteiger partial charge on any atom is 0.173 e. The van der Waals surface area contributed by atoms with Gasteiger partial charge in [-0.15, -0.1) is 0 Å². The predicted molar refractivity (Wildman–Crippen MR) is 359 cm³/mol. The molecule has 0 amide bonds. The highest BCUT2D eigenvalue weighted by Crippen LogP contribution is 2.34. The molecule has 73 heavy (non-hydrogen) atoms. The first-order valence-electron chi connectivity index (χ1n) is 29.0. The summed E-state index contributed by atoms with van der Waals surface area (Å²) < 4.78 is 24.0. The van der Waals surface area contributed by atoms with Crippen LogP contribution in [0.3, 0.4) is 0 Å². The summed E-state index contributed by atoms with van der Waals surface area (Å²) in [5.74, 6) is 3.64. The van der Waals surface area contributed by atoms with Gasteiger partial charge in [0, 0.05) is 25.2 Å². The second-order valence-corrected chi connectivity index (χ2v) is 30.9. The quantitative estimate of drug-likeness (QED) is 0.0463. The van der Waals surface area contributed by atoms with E-state index in [2.05, 4.69) is 165 Å². The second kappa shape index (κ2) is 66.6. The molecule has 464 valence electrons. The zero-order valence-electron chi connectivity index (χ0n) is 50.2. The molecule has 2 atom stereocenters. The van der Waals surface area contributed by atoms with Crippen molar-refractivity contribution in [3.8, 4) is 0 Å². The van der Waals surface area contributed by atoms with Crippen molar-refractivity contribution in [3.63, 3.8) is 0 Å². The molecule has 0 fully saturated rings. The molecule has 0 aliphatic heterocycles. The second-order valence-electron chi connectivity index (χ2n) is 22.2. The van der Waals surface area contributed by atoms with Gasteiger partial charge >= 0.3 is 0 Å². The Labute approximate surface area is 476 Å². The summed E-state index contributed by atoms with van der Waals surface area (Å²) in [7, 11) is -2.95. The molecule has 0 aromatic heterocycles. The molecule has 0 N–H and O–H groups in total. The summed E-state index contributed by atoms with van der Waals surface area (Å²) in [5, 5.41) is 0. The van der Waals surface area contributed by atoms with Gasteiger partial charge < -0.3 is 18.3 Å². The van der Waals surface area contributed by atoms with Crippen LogP contribution in [-0.2, 0) is 18.3 Å². The van der Waals surface area contributed by atoms with Gasteiger partial charge in [0.2, 0.25) is 0 Å². The Hall–Kier alpha value is 0.274. The van der Waals surface area contributed by atoms with E-state index in [0.29, 0.717) is 10.8 Å². The minimum atomic E-state index is -1.47. The van der Waals surface area contributed by atoms with Crippen LogP contribution in [0.5, 0.6) is 0 Å². The van der Waals surface area contributed by atoms with E-state index in [1.165, 1.54) is 115 Å². The van der Waals surface area contributed by atoms with Crippen LogP contribution in [0.25, 0.3) is 0 Å². The van der Waals surface area contributed by atoms with E-state index in [0.717, 1.165) is 89.0 Å². The van der Waals surface area contributed by atoms with Gasteiger partial charge in [-0.1, -0.05) is 294 Å². The first-order valence-corrected chi connectivity index (χ1v) is 35.2. The fourth-order valence-corrected chi connectivity index (χ4v) is 19.9. The molecule has 0 aromatic carbocycles. The largest absolute Gasteiger partial charge is 0.455 e. The van der Waals surface area contributed by atoms with Gasteiger partial charge in [-0.25, -0.2) is 0 Å². The average Bonchev–Trinajstić information content (AvgIpc) is 3.28. The van der Waals surface area contributed by atoms with Crippen LogP contribution in [0.15, 0.2) is 0 Å². The standard InChI is InChI=1S/C16H38OSi2.C15H32O3.C11H24.C9H20.C8H18.8CH4/c1-9-15(10-2)13-18(5,6)17-19(7,8)14-16(11-3)12-4;1-5-9-16-12-15(8-4,13-17-10-6-2)14-18-11-7-3;1-5-7-10(3)9-11(4)8-6-2;1-5-9(6-2,7-3)8-4;1-5-8(4,6-2)7-3;;;;;;;;/h15-16H,9-14H2,1-8H3;5-14H2,1-4H3;10-11H,5-9H2,1-4H3;5-8H2,1-4H3;5-7H2,1-4H3;8*1H4. The van der Waals surface area contributed by atoms with Crippen molar-refractivity contribution in [2.75, 3.05) is 39.6 Å². The third-order valence-corrected chi connectivity index (χ3v) is 22.9. The van der Waals surface area contributed by atoms with Crippen molar-refractivity contribution in [2.45, 2.75) is 365 Å². The lowest BCUT2D eigenvalue weighted by Gasteiger charge is -2.37. The van der Waals surface area contributed by atoms with Crippen LogP contribution in [0, 0.1) is 39.9 Å². The molecule has 0 aliphatic rings. The molecule has 0 heterocycles. The number of hydrogen-bond donors (Lipinski definition) is 0. The van der Waals surface area contributed by atoms with E-state index in [-0.39, 0.29) is 64.8 Å². The lowest BCUT2D eigenvalue weighted by Crippen LogP contribution is -2.46. The van der Waals surface area contributed by atoms with Crippen molar-refractivity contribution in [1.29, 1.82) is 0 Å². The molecule has 0 saturated carbocycles. The Balaban J connectivity index is -0.0000000565. The summed E-state index contributed by atoms with van der Waals surface area (Å²) in [5.41, 5.74) is 1.32. The SMILES string of the molecule is C.C.C.C.C.C.C.C.CCC(C)(CC)CC.CCC(CC)(CC)CC.CCC(CC)C[Si](C)(C)O[Si](C)(C)CC(CC)CC.CCCC(C)CC(C)CCC.CCCOCC(CC)(COCCC)COCCC. The first kappa shape index (κ1) is 105. The van der Waals surface area contributed by atoms with Crippen LogP contribution in [0.2, 0.25) is 38.3 Å². The maximum absolute atomic E-state index is 6.77. The van der Waals surface area contributed by atoms with E-state index >= 15 is 0 Å². The molecule has 0 bridgehead atoms. The van der Waals surface area contributed by atoms with Crippen molar-refractivity contribution < 1.29 is 18.3 Å². The highest BCUT2D eigenvalue weighted by molar-refractivity contribution is 6.84. The van der Waals surface area contributed by atoms with Gasteiger partial charge in [-0.3, -0.25) is 0 Å². The topological polar surface area (TPSA) is 36.9 Å². The summed E-state index contributed by atoms with van der Waals surface area (Å²) in [4.78, 5) is 0. The minimum absolute atomic E-state index is 0. The van der Waals surface area contributed by atoms with Crippen LogP contribution >= 0.6 is 0 Å². The van der Waals surface area contributed by atoms with Crippen LogP contribution in [0.4, 0.5) is 0 Å². The number of ether oxygens (including phenoxy) is 3. The van der Waals surface area contributed by atoms with E-state index in [1.54, 1.807) is 0 Å². The molecule has 0 aliphatic carbocycles. The van der Waals surface area contributed by atoms with E-state index in [1.807, 2.05) is 0 Å². The van der Waals surface area contributed by atoms with Gasteiger partial charge in [-0.05, 0) is 105 Å². The van der Waals surface area contributed by atoms with Crippen molar-refractivity contribution in [3.05, 3.63) is 0 Å². The van der Waals surface area contributed by atoms with Crippen LogP contribution in [-0.4, -0.2) is 56.3 Å². The fourth-order valence-electron chi connectivity index (χ4n) is 9.26. The number of hydrogen-bond acceptors (Lipinski definition) is 4. The molecule has 0 aromatic rings. The molecular weight excluding hydrogens is 925 g/mol. The van der Waals surface area contributed by atoms with E-state index < -0.39 is 16.6 Å². The highest BCUT2D eigenvalue weighted by Gasteiger charge is 2.35. The third-order valence-electron chi connectivity index (χ3n) is 15.4. The van der Waals surface area contributed by atoms with Crippen molar-refractivity contribution in [2.24, 2.45) is 39.9 Å². The smallest absolute Gasteiger partial charge is 0.173 e. The van der Waals surface area contributed by atoms with Crippen LogP contribution in [0.1, 0.15) is 326 Å². The summed E-state index contributed by atoms with van der Waals surface area (Å²) >= 11 is 0. The monoisotopic (exact) mass is 1090 g/mol. The fraction of sp³-hybridized carbons (Fsp3) is 1.00. The zero-order chi connectivity index (χ0) is 51.4. The highest BCUT2D eigenvalue weighted by atomic mass is 28.4. The molecule has 0 spiro atoms. The lowest BCUT2D eigenvalue weighted by atomic mass is 9.78. The van der Waals surface area contributed by atoms with Gasteiger partial charge in [0.15, 0.2) is 16.6 Å². The minimum Gasteiger partial charge on any atom is -0.455 e. The Kier molecular flexibility index (Phi) is 96.1. The van der Waals surface area contributed by atoms with E-state index in [4.69, 9.17) is 18.3 Å². The Bertz CT molecular complexity index is 838. The normalized spacial score (nSPS) is 11.8. The third kappa shape index (κ3) is 61.4. The molecule has 0 radical (unpaired) electrons. The lowest BCUT2D eigenvalue weighted by molar-refractivity contribution is -0.0712. The average molecular weight is 1090 g/mol. The summed E-state index contributed by atoms with van der Waals surface area (Å²) in [6.45, 7) is 60.0. The van der Waals surface area contributed by atoms with Crippen molar-refractivity contribution in [1.82, 2.24) is 0 Å². The van der Waals surface area contributed by atoms with Crippen molar-refractivity contribution >= 4 is 16.6 Å². The zero-order valence-corrected chi connectivity index (χ0v) is 52.2. The first-order chi connectivity index (χ1) is 30.6. The van der Waals surface area contributed by atoms with Crippen LogP contribution < -0.4 is 0 Å². The van der Waals surface area contributed by atoms with Gasteiger partial charge in [-0.2, -0.15) is 0 Å². The Morgan fingerprint density at radius 1 is 0.356 bits per heavy atom. The maximum atomic E-state index is 6.77. The molecule has 2 unspecified atom stereocenters. The predicted octanol–water partition coefficient (Wildman–Crippen LogP) is 26.1. The molecule has 6 heteroatoms. The Morgan fingerprint density at radius 3 is 0.753 bits per heavy atom.